The lowest BCUT2D eigenvalue weighted by Gasteiger charge is -2.49. The second-order valence-corrected chi connectivity index (χ2v) is 12.1. The monoisotopic (exact) mass is 503 g/mol. The molecule has 8 heteroatoms. The van der Waals surface area contributed by atoms with Gasteiger partial charge in [0.2, 0.25) is 5.82 Å². The Labute approximate surface area is 219 Å². The molecule has 0 saturated carbocycles. The summed E-state index contributed by atoms with van der Waals surface area (Å²) >= 11 is 0. The molecule has 2 aromatic rings. The molecular formula is C29H37N5O3. The Morgan fingerprint density at radius 2 is 1.78 bits per heavy atom. The van der Waals surface area contributed by atoms with Crippen LogP contribution in [-0.2, 0) is 10.2 Å². The van der Waals surface area contributed by atoms with Gasteiger partial charge in [-0.25, -0.2) is 14.3 Å². The Hall–Kier alpha value is -3.62. The van der Waals surface area contributed by atoms with E-state index in [0.717, 1.165) is 34.2 Å². The highest BCUT2D eigenvalue weighted by Crippen LogP contribution is 2.49. The number of nitriles is 2. The summed E-state index contributed by atoms with van der Waals surface area (Å²) in [5, 5.41) is 26.9. The zero-order chi connectivity index (χ0) is 27.6. The van der Waals surface area contributed by atoms with Gasteiger partial charge >= 0.3 is 5.97 Å². The van der Waals surface area contributed by atoms with Crippen LogP contribution >= 0.6 is 0 Å². The van der Waals surface area contributed by atoms with Crippen LogP contribution in [0.3, 0.4) is 0 Å². The molecule has 2 aliphatic rings. The van der Waals surface area contributed by atoms with E-state index in [1.54, 1.807) is 6.19 Å². The van der Waals surface area contributed by atoms with Crippen LogP contribution in [0.2, 0.25) is 0 Å². The largest absolute Gasteiger partial charge is 0.475 e. The van der Waals surface area contributed by atoms with Gasteiger partial charge in [-0.15, -0.1) is 0 Å². The summed E-state index contributed by atoms with van der Waals surface area (Å²) in [4.78, 5) is 13.6. The lowest BCUT2D eigenvalue weighted by molar-refractivity contribution is -0.172. The van der Waals surface area contributed by atoms with E-state index in [9.17, 15) is 10.1 Å². The molecule has 1 aliphatic heterocycles. The van der Waals surface area contributed by atoms with Gasteiger partial charge in [-0.05, 0) is 88.5 Å². The highest BCUT2D eigenvalue weighted by molar-refractivity contribution is 5.83. The first-order valence-corrected chi connectivity index (χ1v) is 12.5. The molecule has 0 bridgehead atoms. The van der Waals surface area contributed by atoms with Crippen molar-refractivity contribution in [2.75, 3.05) is 5.73 Å². The molecule has 1 saturated heterocycles. The van der Waals surface area contributed by atoms with Crippen molar-refractivity contribution in [3.8, 4) is 12.3 Å². The molecule has 0 amide bonds. The smallest absolute Gasteiger partial charge is 0.373 e. The Bertz CT molecular complexity index is 1270. The number of rotatable bonds is 3. The molecule has 0 spiro atoms. The molecule has 1 aromatic carbocycles. The van der Waals surface area contributed by atoms with E-state index < -0.39 is 11.4 Å². The number of imidazole rings is 1. The predicted octanol–water partition coefficient (Wildman–Crippen LogP) is 5.90. The van der Waals surface area contributed by atoms with Crippen molar-refractivity contribution >= 4 is 17.2 Å². The zero-order valence-corrected chi connectivity index (χ0v) is 22.6. The lowest BCUT2D eigenvalue weighted by atomic mass is 9.65. The molecular weight excluding hydrogens is 466 g/mol. The van der Waals surface area contributed by atoms with Gasteiger partial charge in [0.1, 0.15) is 0 Å². The van der Waals surface area contributed by atoms with Gasteiger partial charge in [0.05, 0.1) is 22.7 Å². The van der Waals surface area contributed by atoms with Crippen molar-refractivity contribution in [3.05, 3.63) is 53.6 Å². The second-order valence-electron chi connectivity index (χ2n) is 12.1. The van der Waals surface area contributed by atoms with Crippen LogP contribution in [0.15, 0.2) is 36.7 Å². The van der Waals surface area contributed by atoms with E-state index >= 15 is 0 Å². The van der Waals surface area contributed by atoms with E-state index in [1.165, 1.54) is 24.4 Å². The van der Waals surface area contributed by atoms with E-state index in [2.05, 4.69) is 64.7 Å². The molecule has 196 valence electrons. The number of hydrogen-bond acceptors (Lipinski definition) is 6. The van der Waals surface area contributed by atoms with E-state index in [0.29, 0.717) is 18.3 Å². The van der Waals surface area contributed by atoms with Crippen LogP contribution in [0.1, 0.15) is 95.4 Å². The Morgan fingerprint density at radius 3 is 2.27 bits per heavy atom. The number of nitrogen functional groups attached to an aromatic ring is 1. The van der Waals surface area contributed by atoms with Gasteiger partial charge in [0.15, 0.2) is 6.19 Å². The summed E-state index contributed by atoms with van der Waals surface area (Å²) in [5.74, 6) is -1.46. The average Bonchev–Trinajstić information content (AvgIpc) is 3.27. The number of anilines is 1. The van der Waals surface area contributed by atoms with Gasteiger partial charge in [-0.2, -0.15) is 10.5 Å². The fourth-order valence-electron chi connectivity index (χ4n) is 5.68. The topological polar surface area (TPSA) is 138 Å². The molecule has 1 aromatic heterocycles. The number of hydrogen-bond donors (Lipinski definition) is 2. The third-order valence-electron chi connectivity index (χ3n) is 7.09. The first-order valence-electron chi connectivity index (χ1n) is 12.5. The van der Waals surface area contributed by atoms with Gasteiger partial charge in [-0.3, -0.25) is 0 Å². The number of carboxylic acid groups (broad SMARTS) is 1. The van der Waals surface area contributed by atoms with Gasteiger partial charge in [0, 0.05) is 23.6 Å². The molecule has 8 nitrogen and oxygen atoms in total. The van der Waals surface area contributed by atoms with E-state index in [-0.39, 0.29) is 17.0 Å². The standard InChI is InChI=1S/C24H34N2O.C5H3N3O2/c1-21(2)11-9-17(10-12-21)19-13-18(7-8-20(19)26)24(16-25)14-22(3,4)27-23(5,6)15-24;6-3-8-2-1-7-4(8)5(9)10/h7-9,13H,10-12,14-15,26H2,1-6H3;1-2H,(H,9,10). The van der Waals surface area contributed by atoms with Crippen LogP contribution in [0.4, 0.5) is 5.69 Å². The molecule has 0 atom stereocenters. The second kappa shape index (κ2) is 10.0. The quantitative estimate of drug-likeness (QED) is 0.497. The highest BCUT2D eigenvalue weighted by Gasteiger charge is 2.49. The molecule has 3 N–H and O–H groups in total. The maximum absolute atomic E-state index is 10.2. The van der Waals surface area contributed by atoms with Crippen LogP contribution < -0.4 is 5.73 Å². The van der Waals surface area contributed by atoms with E-state index in [1.807, 2.05) is 12.1 Å². The third kappa shape index (κ3) is 6.39. The summed E-state index contributed by atoms with van der Waals surface area (Å²) in [6.45, 7) is 13.0. The summed E-state index contributed by atoms with van der Waals surface area (Å²) in [6.07, 6.45) is 11.2. The minimum atomic E-state index is -1.20. The minimum absolute atomic E-state index is 0.262. The Morgan fingerprint density at radius 1 is 1.14 bits per heavy atom. The summed E-state index contributed by atoms with van der Waals surface area (Å²) in [7, 11) is 0. The summed E-state index contributed by atoms with van der Waals surface area (Å²) < 4.78 is 7.12. The zero-order valence-electron chi connectivity index (χ0n) is 22.6. The Balaban J connectivity index is 0.000000319. The molecule has 2 heterocycles. The van der Waals surface area contributed by atoms with Crippen molar-refractivity contribution < 1.29 is 14.6 Å². The molecule has 0 radical (unpaired) electrons. The number of nitrogens with two attached hydrogens (primary N) is 1. The summed E-state index contributed by atoms with van der Waals surface area (Å²) in [5.41, 5.74) is 9.81. The van der Waals surface area contributed by atoms with Gasteiger partial charge in [0.25, 0.3) is 0 Å². The first-order chi connectivity index (χ1) is 17.1. The maximum atomic E-state index is 10.2. The van der Waals surface area contributed by atoms with Crippen LogP contribution in [-0.4, -0.2) is 31.8 Å². The van der Waals surface area contributed by atoms with Gasteiger partial charge < -0.3 is 15.6 Å². The lowest BCUT2D eigenvalue weighted by Crippen LogP contribution is -2.52. The number of allylic oxidation sites excluding steroid dienone is 2. The molecule has 1 fully saturated rings. The maximum Gasteiger partial charge on any atom is 0.373 e. The van der Waals surface area contributed by atoms with Crippen molar-refractivity contribution in [1.29, 1.82) is 10.5 Å². The number of ether oxygens (including phenoxy) is 1. The number of nitrogens with zero attached hydrogens (tertiary/aromatic N) is 4. The highest BCUT2D eigenvalue weighted by atomic mass is 16.5. The third-order valence-corrected chi connectivity index (χ3v) is 7.09. The van der Waals surface area contributed by atoms with Gasteiger partial charge in [-0.1, -0.05) is 26.0 Å². The first kappa shape index (κ1) is 28.0. The number of carbonyl (C=O) groups is 1. The number of aromatic nitrogens is 2. The van der Waals surface area contributed by atoms with Crippen molar-refractivity contribution in [2.24, 2.45) is 5.41 Å². The van der Waals surface area contributed by atoms with Crippen LogP contribution in [0.25, 0.3) is 5.57 Å². The number of carboxylic acids is 1. The van der Waals surface area contributed by atoms with E-state index in [4.69, 9.17) is 20.8 Å². The van der Waals surface area contributed by atoms with Crippen molar-refractivity contribution in [3.63, 3.8) is 0 Å². The normalized spacial score (nSPS) is 20.8. The molecule has 1 aliphatic carbocycles. The van der Waals surface area contributed by atoms with Crippen molar-refractivity contribution in [1.82, 2.24) is 9.55 Å². The molecule has 0 unspecified atom stereocenters. The van der Waals surface area contributed by atoms with Crippen LogP contribution in [0, 0.1) is 28.2 Å². The predicted molar refractivity (Wildman–Crippen MR) is 142 cm³/mol. The molecule has 37 heavy (non-hydrogen) atoms. The Kier molecular flexibility index (Phi) is 7.58. The van der Waals surface area contributed by atoms with Crippen LogP contribution in [0.5, 0.6) is 0 Å². The molecule has 4 rings (SSSR count). The number of aromatic carboxylic acids is 1. The average molecular weight is 504 g/mol. The fraction of sp³-hybridized carbons (Fsp3) is 0.517. The minimum Gasteiger partial charge on any atom is -0.475 e. The summed E-state index contributed by atoms with van der Waals surface area (Å²) in [6, 6.07) is 8.88. The number of benzene rings is 1. The SMILES string of the molecule is CC1(C)CC=C(c2cc(C3(C#N)CC(C)(C)OC(C)(C)C3)ccc2N)CC1.N#Cn1ccnc1C(=O)O. The van der Waals surface area contributed by atoms with Crippen molar-refractivity contribution in [2.45, 2.75) is 90.3 Å². The fourth-order valence-corrected chi connectivity index (χ4v) is 5.68.